The Kier molecular flexibility index (Phi) is 5.66. The predicted molar refractivity (Wildman–Crippen MR) is 107 cm³/mol. The standard InChI is InChI=1S/C22H19FN4O/c1-14-9-15(2)26-21(20(14)12-24)25-13-16-5-3-8-19(10-16)27-22(28)17-6-4-7-18(23)11-17/h3-11H,13H2,1-2H3,(H,25,26)(H,27,28). The van der Waals surface area contributed by atoms with Crippen LogP contribution in [0.15, 0.2) is 54.6 Å². The van der Waals surface area contributed by atoms with Crippen LogP contribution >= 0.6 is 0 Å². The molecule has 0 spiro atoms. The molecule has 0 radical (unpaired) electrons. The summed E-state index contributed by atoms with van der Waals surface area (Å²) in [6.45, 7) is 4.19. The molecule has 6 heteroatoms. The molecule has 0 aliphatic heterocycles. The lowest BCUT2D eigenvalue weighted by Crippen LogP contribution is -2.12. The number of nitrogens with zero attached hydrogens (tertiary/aromatic N) is 2. The average molecular weight is 374 g/mol. The van der Waals surface area contributed by atoms with Crippen molar-refractivity contribution in [3.05, 3.63) is 88.4 Å². The number of carbonyl (C=O) groups is 1. The third-order valence-corrected chi connectivity index (χ3v) is 4.19. The SMILES string of the molecule is Cc1cc(C)c(C#N)c(NCc2cccc(NC(=O)c3cccc(F)c3)c2)n1. The van der Waals surface area contributed by atoms with Crippen LogP contribution in [0.3, 0.4) is 0 Å². The fourth-order valence-electron chi connectivity index (χ4n) is 2.88. The van der Waals surface area contributed by atoms with E-state index < -0.39 is 5.82 Å². The molecule has 0 saturated carbocycles. The van der Waals surface area contributed by atoms with E-state index in [1.165, 1.54) is 18.2 Å². The van der Waals surface area contributed by atoms with Gasteiger partial charge in [0.1, 0.15) is 17.7 Å². The van der Waals surface area contributed by atoms with Crippen molar-refractivity contribution in [1.82, 2.24) is 4.98 Å². The number of pyridine rings is 1. The maximum Gasteiger partial charge on any atom is 0.255 e. The first-order chi connectivity index (χ1) is 13.5. The molecule has 0 fully saturated rings. The van der Waals surface area contributed by atoms with Crippen molar-refractivity contribution in [3.63, 3.8) is 0 Å². The topological polar surface area (TPSA) is 77.8 Å². The highest BCUT2D eigenvalue weighted by Crippen LogP contribution is 2.19. The van der Waals surface area contributed by atoms with Gasteiger partial charge < -0.3 is 10.6 Å². The molecule has 3 aromatic rings. The molecule has 0 atom stereocenters. The second-order valence-corrected chi connectivity index (χ2v) is 6.43. The zero-order valence-corrected chi connectivity index (χ0v) is 15.6. The van der Waals surface area contributed by atoms with Crippen LogP contribution in [0.4, 0.5) is 15.9 Å². The summed E-state index contributed by atoms with van der Waals surface area (Å²) >= 11 is 0. The number of nitrogens with one attached hydrogen (secondary N) is 2. The smallest absolute Gasteiger partial charge is 0.255 e. The third kappa shape index (κ3) is 4.51. The largest absolute Gasteiger partial charge is 0.365 e. The number of benzene rings is 2. The maximum atomic E-state index is 13.3. The summed E-state index contributed by atoms with van der Waals surface area (Å²) in [6.07, 6.45) is 0. The second-order valence-electron chi connectivity index (χ2n) is 6.43. The lowest BCUT2D eigenvalue weighted by atomic mass is 10.1. The fourth-order valence-corrected chi connectivity index (χ4v) is 2.88. The quantitative estimate of drug-likeness (QED) is 0.686. The van der Waals surface area contributed by atoms with Crippen molar-refractivity contribution in [2.75, 3.05) is 10.6 Å². The second kappa shape index (κ2) is 8.31. The minimum absolute atomic E-state index is 0.252. The van der Waals surface area contributed by atoms with E-state index >= 15 is 0 Å². The summed E-state index contributed by atoms with van der Waals surface area (Å²) in [4.78, 5) is 16.7. The lowest BCUT2D eigenvalue weighted by Gasteiger charge is -2.12. The number of aryl methyl sites for hydroxylation is 2. The molecule has 0 bridgehead atoms. The highest BCUT2D eigenvalue weighted by atomic mass is 19.1. The highest BCUT2D eigenvalue weighted by Gasteiger charge is 2.10. The molecular weight excluding hydrogens is 355 g/mol. The Morgan fingerprint density at radius 3 is 2.68 bits per heavy atom. The summed E-state index contributed by atoms with van der Waals surface area (Å²) in [5.74, 6) is -0.304. The van der Waals surface area contributed by atoms with E-state index in [1.807, 2.05) is 38.1 Å². The number of hydrogen-bond acceptors (Lipinski definition) is 4. The lowest BCUT2D eigenvalue weighted by molar-refractivity contribution is 0.102. The van der Waals surface area contributed by atoms with E-state index in [2.05, 4.69) is 21.7 Å². The van der Waals surface area contributed by atoms with E-state index in [-0.39, 0.29) is 11.5 Å². The molecule has 5 nitrogen and oxygen atoms in total. The molecule has 28 heavy (non-hydrogen) atoms. The first-order valence-corrected chi connectivity index (χ1v) is 8.74. The molecule has 0 saturated heterocycles. The van der Waals surface area contributed by atoms with Crippen molar-refractivity contribution in [3.8, 4) is 6.07 Å². The Labute approximate surface area is 162 Å². The van der Waals surface area contributed by atoms with Crippen molar-refractivity contribution < 1.29 is 9.18 Å². The number of nitriles is 1. The van der Waals surface area contributed by atoms with Gasteiger partial charge in [0, 0.05) is 23.5 Å². The first-order valence-electron chi connectivity index (χ1n) is 8.74. The predicted octanol–water partition coefficient (Wildman–Crippen LogP) is 4.57. The van der Waals surface area contributed by atoms with Crippen LogP contribution in [-0.2, 0) is 6.54 Å². The van der Waals surface area contributed by atoms with Crippen LogP contribution in [0.1, 0.15) is 32.7 Å². The number of anilines is 2. The normalized spacial score (nSPS) is 10.2. The van der Waals surface area contributed by atoms with Gasteiger partial charge in [-0.25, -0.2) is 9.37 Å². The number of hydrogen-bond donors (Lipinski definition) is 2. The van der Waals surface area contributed by atoms with Gasteiger partial charge in [-0.3, -0.25) is 4.79 Å². The van der Waals surface area contributed by atoms with Gasteiger partial charge in [-0.1, -0.05) is 18.2 Å². The summed E-state index contributed by atoms with van der Waals surface area (Å²) in [5, 5.41) is 15.3. The number of carbonyl (C=O) groups excluding carboxylic acids is 1. The molecule has 0 aliphatic rings. The van der Waals surface area contributed by atoms with Crippen LogP contribution in [-0.4, -0.2) is 10.9 Å². The Morgan fingerprint density at radius 1 is 1.14 bits per heavy atom. The summed E-state index contributed by atoms with van der Waals surface area (Å²) in [6, 6.07) is 16.9. The van der Waals surface area contributed by atoms with E-state index in [9.17, 15) is 14.4 Å². The molecule has 1 amide bonds. The van der Waals surface area contributed by atoms with Crippen LogP contribution in [0.2, 0.25) is 0 Å². The Bertz CT molecular complexity index is 1070. The summed E-state index contributed by atoms with van der Waals surface area (Å²) in [7, 11) is 0. The van der Waals surface area contributed by atoms with Gasteiger partial charge >= 0.3 is 0 Å². The number of amides is 1. The monoisotopic (exact) mass is 374 g/mol. The summed E-state index contributed by atoms with van der Waals surface area (Å²) in [5.41, 5.74) is 3.97. The Hall–Kier alpha value is -3.72. The zero-order valence-electron chi connectivity index (χ0n) is 15.6. The van der Waals surface area contributed by atoms with E-state index in [1.54, 1.807) is 12.1 Å². The fraction of sp³-hybridized carbons (Fsp3) is 0.136. The molecule has 140 valence electrons. The van der Waals surface area contributed by atoms with Crippen LogP contribution in [0.25, 0.3) is 0 Å². The molecule has 2 aromatic carbocycles. The minimum atomic E-state index is -0.458. The number of rotatable bonds is 5. The van der Waals surface area contributed by atoms with Crippen molar-refractivity contribution in [1.29, 1.82) is 5.26 Å². The van der Waals surface area contributed by atoms with Crippen molar-refractivity contribution in [2.45, 2.75) is 20.4 Å². The number of aromatic nitrogens is 1. The minimum Gasteiger partial charge on any atom is -0.365 e. The number of halogens is 1. The van der Waals surface area contributed by atoms with Crippen LogP contribution < -0.4 is 10.6 Å². The van der Waals surface area contributed by atoms with Crippen LogP contribution in [0.5, 0.6) is 0 Å². The van der Waals surface area contributed by atoms with E-state index in [0.29, 0.717) is 23.6 Å². The van der Waals surface area contributed by atoms with Crippen molar-refractivity contribution in [2.24, 2.45) is 0 Å². The highest BCUT2D eigenvalue weighted by molar-refractivity contribution is 6.04. The van der Waals surface area contributed by atoms with E-state index in [0.717, 1.165) is 16.8 Å². The van der Waals surface area contributed by atoms with Gasteiger partial charge in [-0.2, -0.15) is 5.26 Å². The maximum absolute atomic E-state index is 13.3. The van der Waals surface area contributed by atoms with Gasteiger partial charge in [-0.05, 0) is 61.4 Å². The molecular formula is C22H19FN4O. The Morgan fingerprint density at radius 2 is 1.93 bits per heavy atom. The molecule has 1 aromatic heterocycles. The Balaban J connectivity index is 1.72. The summed E-state index contributed by atoms with van der Waals surface area (Å²) < 4.78 is 13.3. The molecule has 2 N–H and O–H groups in total. The molecule has 3 rings (SSSR count). The molecule has 1 heterocycles. The van der Waals surface area contributed by atoms with Gasteiger partial charge in [0.2, 0.25) is 0 Å². The van der Waals surface area contributed by atoms with Crippen LogP contribution in [0, 0.1) is 31.0 Å². The zero-order chi connectivity index (χ0) is 20.1. The average Bonchev–Trinajstić information content (AvgIpc) is 2.66. The van der Waals surface area contributed by atoms with Gasteiger partial charge in [0.25, 0.3) is 5.91 Å². The first kappa shape index (κ1) is 19.1. The van der Waals surface area contributed by atoms with Gasteiger partial charge in [0.15, 0.2) is 0 Å². The molecule has 0 aliphatic carbocycles. The van der Waals surface area contributed by atoms with Gasteiger partial charge in [0.05, 0.1) is 5.56 Å². The third-order valence-electron chi connectivity index (χ3n) is 4.19. The molecule has 0 unspecified atom stereocenters. The van der Waals surface area contributed by atoms with E-state index in [4.69, 9.17) is 0 Å². The van der Waals surface area contributed by atoms with Crippen molar-refractivity contribution >= 4 is 17.4 Å². The van der Waals surface area contributed by atoms with Gasteiger partial charge in [-0.15, -0.1) is 0 Å².